The monoisotopic (exact) mass is 293 g/mol. The molecule has 110 valence electrons. The number of hydrogen-bond acceptors (Lipinski definition) is 4. The molecule has 0 saturated heterocycles. The Labute approximate surface area is 125 Å². The van der Waals surface area contributed by atoms with Gasteiger partial charge in [0.1, 0.15) is 5.54 Å². The Kier molecular flexibility index (Phi) is 5.11. The van der Waals surface area contributed by atoms with Crippen molar-refractivity contribution in [1.82, 2.24) is 5.32 Å². The van der Waals surface area contributed by atoms with E-state index < -0.39 is 5.54 Å². The van der Waals surface area contributed by atoms with E-state index in [-0.39, 0.29) is 5.97 Å². The van der Waals surface area contributed by atoms with E-state index in [9.17, 15) is 4.79 Å². The average Bonchev–Trinajstić information content (AvgIpc) is 2.86. The van der Waals surface area contributed by atoms with Crippen molar-refractivity contribution in [1.29, 1.82) is 0 Å². The maximum Gasteiger partial charge on any atom is 0.326 e. The first-order chi connectivity index (χ1) is 9.61. The number of thioether (sulfide) groups is 1. The van der Waals surface area contributed by atoms with Crippen molar-refractivity contribution >= 4 is 17.7 Å². The molecule has 0 heterocycles. The van der Waals surface area contributed by atoms with Crippen LogP contribution in [0.5, 0.6) is 0 Å². The van der Waals surface area contributed by atoms with Crippen molar-refractivity contribution in [2.75, 3.05) is 13.7 Å². The van der Waals surface area contributed by atoms with Gasteiger partial charge in [0.15, 0.2) is 0 Å². The van der Waals surface area contributed by atoms with E-state index in [1.165, 1.54) is 10.5 Å². The van der Waals surface area contributed by atoms with Gasteiger partial charge in [-0.2, -0.15) is 0 Å². The largest absolute Gasteiger partial charge is 0.465 e. The van der Waals surface area contributed by atoms with E-state index in [0.717, 1.165) is 19.3 Å². The summed E-state index contributed by atoms with van der Waals surface area (Å²) in [6.45, 7) is 4.43. The molecule has 2 rings (SSSR count). The minimum absolute atomic E-state index is 0.101. The van der Waals surface area contributed by atoms with Crippen molar-refractivity contribution in [3.63, 3.8) is 0 Å². The number of hydrogen-bond donors (Lipinski definition) is 1. The van der Waals surface area contributed by atoms with Gasteiger partial charge >= 0.3 is 5.97 Å². The molecule has 1 fully saturated rings. The van der Waals surface area contributed by atoms with E-state index in [2.05, 4.69) is 36.5 Å². The Morgan fingerprint density at radius 1 is 1.50 bits per heavy atom. The third-order valence-electron chi connectivity index (χ3n) is 4.00. The number of likely N-dealkylation sites (N-methyl/N-ethyl adjacent to an activating group) is 1. The fourth-order valence-electron chi connectivity index (χ4n) is 2.75. The molecule has 1 aromatic rings. The summed E-state index contributed by atoms with van der Waals surface area (Å²) in [4.78, 5) is 13.5. The number of carbonyl (C=O) groups excluding carboxylic acids is 1. The molecule has 0 amide bonds. The molecule has 1 aromatic carbocycles. The minimum atomic E-state index is -0.490. The van der Waals surface area contributed by atoms with Gasteiger partial charge < -0.3 is 10.1 Å². The number of benzene rings is 1. The van der Waals surface area contributed by atoms with Gasteiger partial charge in [-0.25, -0.2) is 0 Å². The molecule has 0 bridgehead atoms. The second-order valence-electron chi connectivity index (χ2n) is 5.30. The minimum Gasteiger partial charge on any atom is -0.465 e. The highest BCUT2D eigenvalue weighted by Gasteiger charge is 2.45. The Morgan fingerprint density at radius 3 is 2.90 bits per heavy atom. The number of aryl methyl sites for hydroxylation is 1. The Bertz CT molecular complexity index is 477. The zero-order valence-corrected chi connectivity index (χ0v) is 13.3. The van der Waals surface area contributed by atoms with Gasteiger partial charge in [0.2, 0.25) is 0 Å². The van der Waals surface area contributed by atoms with Gasteiger partial charge in [-0.15, -0.1) is 11.8 Å². The molecule has 1 N–H and O–H groups in total. The van der Waals surface area contributed by atoms with Gasteiger partial charge in [-0.3, -0.25) is 4.79 Å². The molecule has 1 saturated carbocycles. The van der Waals surface area contributed by atoms with Gasteiger partial charge in [0.05, 0.1) is 6.61 Å². The molecule has 0 aromatic heterocycles. The number of ether oxygens (including phenoxy) is 1. The number of esters is 1. The molecule has 2 unspecified atom stereocenters. The Balaban J connectivity index is 2.04. The predicted molar refractivity (Wildman–Crippen MR) is 83.1 cm³/mol. The number of nitrogens with one attached hydrogen (secondary N) is 1. The second kappa shape index (κ2) is 6.64. The lowest BCUT2D eigenvalue weighted by atomic mass is 9.98. The van der Waals surface area contributed by atoms with Gasteiger partial charge in [-0.1, -0.05) is 18.2 Å². The first-order valence-electron chi connectivity index (χ1n) is 7.19. The molecule has 1 aliphatic rings. The zero-order valence-electron chi connectivity index (χ0n) is 12.4. The number of rotatable bonds is 5. The van der Waals surface area contributed by atoms with E-state index in [1.54, 1.807) is 0 Å². The molecule has 20 heavy (non-hydrogen) atoms. The summed E-state index contributed by atoms with van der Waals surface area (Å²) in [6, 6.07) is 8.42. The smallest absolute Gasteiger partial charge is 0.326 e. The third-order valence-corrected chi connectivity index (χ3v) is 5.45. The van der Waals surface area contributed by atoms with Gasteiger partial charge in [0, 0.05) is 10.1 Å². The van der Waals surface area contributed by atoms with Crippen LogP contribution in [0.3, 0.4) is 0 Å². The third kappa shape index (κ3) is 3.18. The SMILES string of the molecule is CCOC(=O)C1(NC)CCC(Sc2ccccc2C)C1. The predicted octanol–water partition coefficient (Wildman–Crippen LogP) is 3.16. The van der Waals surface area contributed by atoms with E-state index in [4.69, 9.17) is 4.74 Å². The topological polar surface area (TPSA) is 38.3 Å². The first kappa shape index (κ1) is 15.4. The molecule has 2 atom stereocenters. The van der Waals surface area contributed by atoms with Crippen molar-refractivity contribution in [3.8, 4) is 0 Å². The van der Waals surface area contributed by atoms with Crippen LogP contribution >= 0.6 is 11.8 Å². The summed E-state index contributed by atoms with van der Waals surface area (Å²) in [5, 5.41) is 3.67. The number of carbonyl (C=O) groups is 1. The van der Waals surface area contributed by atoms with Crippen LogP contribution in [0, 0.1) is 6.92 Å². The molecule has 0 aliphatic heterocycles. The van der Waals surface area contributed by atoms with Crippen molar-refractivity contribution in [3.05, 3.63) is 29.8 Å². The highest BCUT2D eigenvalue weighted by atomic mass is 32.2. The van der Waals surface area contributed by atoms with Crippen LogP contribution in [0.2, 0.25) is 0 Å². The molecular formula is C16H23NO2S. The summed E-state index contributed by atoms with van der Waals surface area (Å²) < 4.78 is 5.23. The quantitative estimate of drug-likeness (QED) is 0.846. The molecule has 3 nitrogen and oxygen atoms in total. The lowest BCUT2D eigenvalue weighted by molar-refractivity contribution is -0.150. The first-order valence-corrected chi connectivity index (χ1v) is 8.07. The Hall–Kier alpha value is -1.00. The normalized spacial score (nSPS) is 25.6. The summed E-state index contributed by atoms with van der Waals surface area (Å²) in [6.07, 6.45) is 2.73. The molecular weight excluding hydrogens is 270 g/mol. The van der Waals surface area contributed by atoms with Crippen LogP contribution in [0.4, 0.5) is 0 Å². The van der Waals surface area contributed by atoms with Crippen LogP contribution in [-0.2, 0) is 9.53 Å². The summed E-state index contributed by atoms with van der Waals surface area (Å²) in [5.74, 6) is -0.101. The molecule has 0 radical (unpaired) electrons. The summed E-state index contributed by atoms with van der Waals surface area (Å²) >= 11 is 1.88. The fourth-order valence-corrected chi connectivity index (χ4v) is 4.13. The maximum absolute atomic E-state index is 12.2. The van der Waals surface area contributed by atoms with E-state index >= 15 is 0 Å². The summed E-state index contributed by atoms with van der Waals surface area (Å²) in [7, 11) is 1.86. The maximum atomic E-state index is 12.2. The molecule has 4 heteroatoms. The Morgan fingerprint density at radius 2 is 2.25 bits per heavy atom. The fraction of sp³-hybridized carbons (Fsp3) is 0.562. The van der Waals surface area contributed by atoms with Crippen molar-refractivity contribution in [2.45, 2.75) is 48.8 Å². The van der Waals surface area contributed by atoms with Gasteiger partial charge in [0.25, 0.3) is 0 Å². The van der Waals surface area contributed by atoms with E-state index in [0.29, 0.717) is 11.9 Å². The second-order valence-corrected chi connectivity index (χ2v) is 6.64. The molecule has 1 aliphatic carbocycles. The zero-order chi connectivity index (χ0) is 14.6. The lowest BCUT2D eigenvalue weighted by Gasteiger charge is -2.26. The van der Waals surface area contributed by atoms with Crippen LogP contribution in [-0.4, -0.2) is 30.4 Å². The van der Waals surface area contributed by atoms with Gasteiger partial charge in [-0.05, 0) is 51.8 Å². The summed E-state index contributed by atoms with van der Waals surface area (Å²) in [5.41, 5.74) is 0.812. The van der Waals surface area contributed by atoms with Crippen LogP contribution in [0.15, 0.2) is 29.2 Å². The molecule has 0 spiro atoms. The average molecular weight is 293 g/mol. The van der Waals surface area contributed by atoms with Crippen LogP contribution in [0.1, 0.15) is 31.7 Å². The highest BCUT2D eigenvalue weighted by Crippen LogP contribution is 2.41. The van der Waals surface area contributed by atoms with E-state index in [1.807, 2.05) is 25.7 Å². The van der Waals surface area contributed by atoms with Crippen LogP contribution in [0.25, 0.3) is 0 Å². The lowest BCUT2D eigenvalue weighted by Crippen LogP contribution is -2.49. The standard InChI is InChI=1S/C16H23NO2S/c1-4-19-15(18)16(17-3)10-9-13(11-16)20-14-8-6-5-7-12(14)2/h5-8,13,17H,4,9-11H2,1-3H3. The van der Waals surface area contributed by atoms with Crippen molar-refractivity contribution in [2.24, 2.45) is 0 Å². The highest BCUT2D eigenvalue weighted by molar-refractivity contribution is 8.00. The van der Waals surface area contributed by atoms with Crippen LogP contribution < -0.4 is 5.32 Å². The van der Waals surface area contributed by atoms with Crippen molar-refractivity contribution < 1.29 is 9.53 Å².